The zero-order valence-corrected chi connectivity index (χ0v) is 25.1. The van der Waals surface area contributed by atoms with Crippen molar-refractivity contribution in [2.24, 2.45) is 5.92 Å². The number of methoxy groups -OCH3 is 2. The molecule has 0 radical (unpaired) electrons. The van der Waals surface area contributed by atoms with Crippen LogP contribution in [0.15, 0.2) is 72.0 Å². The van der Waals surface area contributed by atoms with Crippen molar-refractivity contribution >= 4 is 22.8 Å². The number of aryl methyl sites for hydroxylation is 1. The summed E-state index contributed by atoms with van der Waals surface area (Å²) in [7, 11) is 3.11. The molecule has 230 valence electrons. The lowest BCUT2D eigenvalue weighted by Crippen LogP contribution is -2.30. The summed E-state index contributed by atoms with van der Waals surface area (Å²) in [6.45, 7) is 3.90. The molecule has 2 aromatic carbocycles. The Kier molecular flexibility index (Phi) is 8.65. The van der Waals surface area contributed by atoms with Crippen LogP contribution < -0.4 is 25.0 Å². The third-order valence-corrected chi connectivity index (χ3v) is 7.62. The Bertz CT molecular complexity index is 1890. The van der Waals surface area contributed by atoms with Gasteiger partial charge in [0.1, 0.15) is 5.75 Å². The van der Waals surface area contributed by atoms with Gasteiger partial charge in [0.15, 0.2) is 22.9 Å². The van der Waals surface area contributed by atoms with Crippen LogP contribution in [0.3, 0.4) is 0 Å². The highest BCUT2D eigenvalue weighted by molar-refractivity contribution is 6.02. The minimum atomic E-state index is -0.704. The van der Waals surface area contributed by atoms with Crippen molar-refractivity contribution < 1.29 is 23.7 Å². The third kappa shape index (κ3) is 6.60. The summed E-state index contributed by atoms with van der Waals surface area (Å²) in [5, 5.41) is 7.75. The smallest absolute Gasteiger partial charge is 0.282 e. The Morgan fingerprint density at radius 1 is 0.978 bits per heavy atom. The standard InChI is InChI=1S/C33H32N6O6/c1-20-4-6-22(7-5-20)25-19-39(18-21-9-12-44-13-10-21)38-30(31(25)40)32(41)37-33-35-16-23(17-36-33)45-27-8-11-34-26-15-29(43-3)28(42-2)14-24(26)27/h4-8,11,14-17,19,21H,9-10,12-13,18H2,1-3H3,(H,35,36,37,41). The Balaban J connectivity index is 1.24. The van der Waals surface area contributed by atoms with Crippen molar-refractivity contribution in [3.63, 3.8) is 0 Å². The maximum atomic E-state index is 13.5. The van der Waals surface area contributed by atoms with Gasteiger partial charge in [-0.15, -0.1) is 0 Å². The van der Waals surface area contributed by atoms with E-state index in [2.05, 4.69) is 25.4 Å². The van der Waals surface area contributed by atoms with Gasteiger partial charge in [-0.05, 0) is 43.4 Å². The number of aromatic nitrogens is 5. The number of hydrogen-bond acceptors (Lipinski definition) is 10. The van der Waals surface area contributed by atoms with E-state index in [1.807, 2.05) is 31.2 Å². The molecule has 6 rings (SSSR count). The van der Waals surface area contributed by atoms with Crippen LogP contribution in [0, 0.1) is 12.8 Å². The summed E-state index contributed by atoms with van der Waals surface area (Å²) >= 11 is 0. The van der Waals surface area contributed by atoms with Crippen LogP contribution in [0.5, 0.6) is 23.0 Å². The second-order valence-electron chi connectivity index (χ2n) is 10.7. The molecule has 45 heavy (non-hydrogen) atoms. The summed E-state index contributed by atoms with van der Waals surface area (Å²) in [4.78, 5) is 39.8. The average molecular weight is 609 g/mol. The highest BCUT2D eigenvalue weighted by Crippen LogP contribution is 2.36. The van der Waals surface area contributed by atoms with Gasteiger partial charge < -0.3 is 18.9 Å². The quantitative estimate of drug-likeness (QED) is 0.242. The zero-order valence-electron chi connectivity index (χ0n) is 25.1. The van der Waals surface area contributed by atoms with Crippen LogP contribution in [-0.2, 0) is 11.3 Å². The van der Waals surface area contributed by atoms with E-state index in [0.717, 1.165) is 18.4 Å². The molecular weight excluding hydrogens is 576 g/mol. The Morgan fingerprint density at radius 2 is 1.69 bits per heavy atom. The van der Waals surface area contributed by atoms with Gasteiger partial charge in [0.2, 0.25) is 11.4 Å². The molecule has 5 aromatic rings. The van der Waals surface area contributed by atoms with E-state index in [4.69, 9.17) is 18.9 Å². The minimum Gasteiger partial charge on any atom is -0.493 e. The van der Waals surface area contributed by atoms with Gasteiger partial charge >= 0.3 is 0 Å². The Labute approximate surface area is 259 Å². The van der Waals surface area contributed by atoms with Crippen LogP contribution in [0.2, 0.25) is 0 Å². The zero-order chi connectivity index (χ0) is 31.3. The molecule has 1 N–H and O–H groups in total. The molecule has 0 bridgehead atoms. The molecule has 1 saturated heterocycles. The van der Waals surface area contributed by atoms with Crippen LogP contribution >= 0.6 is 0 Å². The number of rotatable bonds is 9. The van der Waals surface area contributed by atoms with Gasteiger partial charge in [-0.1, -0.05) is 29.8 Å². The molecule has 12 heteroatoms. The molecule has 3 aromatic heterocycles. The average Bonchev–Trinajstić information content (AvgIpc) is 3.06. The van der Waals surface area contributed by atoms with E-state index in [1.165, 1.54) is 12.4 Å². The van der Waals surface area contributed by atoms with Gasteiger partial charge in [-0.2, -0.15) is 5.10 Å². The van der Waals surface area contributed by atoms with Crippen LogP contribution in [0.1, 0.15) is 28.9 Å². The fraction of sp³-hybridized carbons (Fsp3) is 0.273. The number of ether oxygens (including phenoxy) is 4. The summed E-state index contributed by atoms with van der Waals surface area (Å²) in [6, 6.07) is 12.8. The second-order valence-corrected chi connectivity index (χ2v) is 10.7. The van der Waals surface area contributed by atoms with Gasteiger partial charge in [0.25, 0.3) is 5.91 Å². The number of hydrogen-bond donors (Lipinski definition) is 1. The van der Waals surface area contributed by atoms with Crippen molar-refractivity contribution in [2.75, 3.05) is 32.8 Å². The first-order valence-electron chi connectivity index (χ1n) is 14.5. The van der Waals surface area contributed by atoms with Crippen molar-refractivity contribution in [2.45, 2.75) is 26.3 Å². The number of nitrogens with one attached hydrogen (secondary N) is 1. The SMILES string of the molecule is COc1cc2nccc(Oc3cnc(NC(=O)c4nn(CC5CCOCC5)cc(-c5ccc(C)cc5)c4=O)nc3)c2cc1OC. The van der Waals surface area contributed by atoms with Crippen LogP contribution in [0.4, 0.5) is 5.95 Å². The molecule has 1 aliphatic rings. The minimum absolute atomic E-state index is 0.00346. The van der Waals surface area contributed by atoms with E-state index in [0.29, 0.717) is 70.7 Å². The molecule has 12 nitrogen and oxygen atoms in total. The Morgan fingerprint density at radius 3 is 2.40 bits per heavy atom. The van der Waals surface area contributed by atoms with E-state index >= 15 is 0 Å². The second kappa shape index (κ2) is 13.1. The summed E-state index contributed by atoms with van der Waals surface area (Å²) in [5.74, 6) is 1.53. The number of fused-ring (bicyclic) bond motifs is 1. The van der Waals surface area contributed by atoms with E-state index in [9.17, 15) is 9.59 Å². The number of carbonyl (C=O) groups excluding carboxylic acids is 1. The first-order valence-corrected chi connectivity index (χ1v) is 14.5. The van der Waals surface area contributed by atoms with Gasteiger partial charge in [-0.3, -0.25) is 24.6 Å². The lowest BCUT2D eigenvalue weighted by Gasteiger charge is -2.23. The van der Waals surface area contributed by atoms with Crippen molar-refractivity contribution in [3.8, 4) is 34.1 Å². The molecule has 4 heterocycles. The molecule has 1 fully saturated rings. The number of nitrogens with zero attached hydrogens (tertiary/aromatic N) is 5. The van der Waals surface area contributed by atoms with Crippen molar-refractivity contribution in [1.29, 1.82) is 0 Å². The van der Waals surface area contributed by atoms with Crippen LogP contribution in [-0.4, -0.2) is 58.1 Å². The highest BCUT2D eigenvalue weighted by atomic mass is 16.5. The molecule has 1 amide bonds. The molecular formula is C33H32N6O6. The maximum Gasteiger partial charge on any atom is 0.282 e. The van der Waals surface area contributed by atoms with Gasteiger partial charge in [0, 0.05) is 49.2 Å². The number of anilines is 1. The van der Waals surface area contributed by atoms with Gasteiger partial charge in [0.05, 0.1) is 32.1 Å². The molecule has 0 unspecified atom stereocenters. The largest absolute Gasteiger partial charge is 0.493 e. The summed E-state index contributed by atoms with van der Waals surface area (Å²) in [6.07, 6.45) is 7.95. The number of amides is 1. The molecule has 0 aliphatic carbocycles. The fourth-order valence-electron chi connectivity index (χ4n) is 5.17. The van der Waals surface area contributed by atoms with E-state index in [-0.39, 0.29) is 11.6 Å². The van der Waals surface area contributed by atoms with Crippen LogP contribution in [0.25, 0.3) is 22.0 Å². The summed E-state index contributed by atoms with van der Waals surface area (Å²) in [5.41, 5.74) is 2.10. The predicted octanol–water partition coefficient (Wildman–Crippen LogP) is 5.05. The topological polar surface area (TPSA) is 140 Å². The number of pyridine rings is 1. The highest BCUT2D eigenvalue weighted by Gasteiger charge is 2.22. The van der Waals surface area contributed by atoms with Gasteiger partial charge in [-0.25, -0.2) is 9.97 Å². The molecule has 0 saturated carbocycles. The normalized spacial score (nSPS) is 13.4. The molecule has 0 spiro atoms. The fourth-order valence-corrected chi connectivity index (χ4v) is 5.17. The lowest BCUT2D eigenvalue weighted by molar-refractivity contribution is 0.0599. The van der Waals surface area contributed by atoms with Crippen molar-refractivity contribution in [1.82, 2.24) is 24.7 Å². The summed E-state index contributed by atoms with van der Waals surface area (Å²) < 4.78 is 24.0. The first-order chi connectivity index (χ1) is 21.9. The third-order valence-electron chi connectivity index (χ3n) is 7.62. The van der Waals surface area contributed by atoms with E-state index < -0.39 is 11.3 Å². The Hall–Kier alpha value is -5.36. The maximum absolute atomic E-state index is 13.5. The first kappa shape index (κ1) is 29.7. The monoisotopic (exact) mass is 608 g/mol. The lowest BCUT2D eigenvalue weighted by atomic mass is 10.0. The molecule has 1 aliphatic heterocycles. The molecule has 0 atom stereocenters. The number of carbonyl (C=O) groups is 1. The van der Waals surface area contributed by atoms with Crippen molar-refractivity contribution in [3.05, 3.63) is 88.7 Å². The number of benzene rings is 2. The van der Waals surface area contributed by atoms with E-state index in [1.54, 1.807) is 49.5 Å². The predicted molar refractivity (Wildman–Crippen MR) is 167 cm³/mol.